The van der Waals surface area contributed by atoms with Crippen molar-refractivity contribution < 1.29 is 0 Å². The maximum absolute atomic E-state index is 2.44. The highest BCUT2D eigenvalue weighted by Gasteiger charge is 2.26. The van der Waals surface area contributed by atoms with Crippen LogP contribution in [0.25, 0.3) is 5.20 Å². The van der Waals surface area contributed by atoms with E-state index in [1.165, 1.54) is 26.7 Å². The average Bonchev–Trinajstić information content (AvgIpc) is 3.01. The summed E-state index contributed by atoms with van der Waals surface area (Å²) in [6.07, 6.45) is 3.51. The van der Waals surface area contributed by atoms with Crippen molar-refractivity contribution in [2.24, 2.45) is 0 Å². The summed E-state index contributed by atoms with van der Waals surface area (Å²) in [7, 11) is -0.928. The molecule has 1 aliphatic rings. The van der Waals surface area contributed by atoms with Gasteiger partial charge in [-0.2, -0.15) is 0 Å². The molecule has 0 spiro atoms. The zero-order valence-electron chi connectivity index (χ0n) is 12.4. The van der Waals surface area contributed by atoms with Crippen LogP contribution in [0.5, 0.6) is 0 Å². The maximum atomic E-state index is 2.44. The lowest BCUT2D eigenvalue weighted by Crippen LogP contribution is -2.43. The first kappa shape index (κ1) is 13.3. The topological polar surface area (TPSA) is 0 Å². The predicted octanol–water partition coefficient (Wildman–Crippen LogP) is 3.47. The molecular weight excluding hydrogens is 280 g/mol. The Morgan fingerprint density at radius 3 is 1.77 bits per heavy atom. The summed E-state index contributed by atoms with van der Waals surface area (Å²) in [4.78, 5) is 0. The monoisotopic (exact) mass is 297 g/mol. The van der Waals surface area contributed by atoms with Gasteiger partial charge in [-0.25, -0.2) is 0 Å². The highest BCUT2D eigenvalue weighted by molar-refractivity contribution is 6.99. The van der Waals surface area contributed by atoms with E-state index in [2.05, 4.69) is 91.0 Å². The van der Waals surface area contributed by atoms with Gasteiger partial charge in [-0.3, -0.25) is 0 Å². The van der Waals surface area contributed by atoms with Gasteiger partial charge in [-0.05, 0) is 22.7 Å². The van der Waals surface area contributed by atoms with Gasteiger partial charge >= 0.3 is 0 Å². The van der Waals surface area contributed by atoms with Crippen LogP contribution in [0.15, 0.2) is 91.0 Å². The van der Waals surface area contributed by atoms with E-state index in [4.69, 9.17) is 0 Å². The standard InChI is InChI=1S/C21H17Si/c1-3-10-18(11-4-1)22(19-12-5-2-6-13-19)21-16-15-17-9-7-8-14-20(17)21/h1-14,16H,15H2. The molecule has 0 saturated carbocycles. The molecule has 0 atom stereocenters. The summed E-state index contributed by atoms with van der Waals surface area (Å²) in [5.74, 6) is 0. The molecule has 22 heavy (non-hydrogen) atoms. The molecule has 1 aliphatic carbocycles. The van der Waals surface area contributed by atoms with E-state index in [1.807, 2.05) is 0 Å². The van der Waals surface area contributed by atoms with Gasteiger partial charge in [0.15, 0.2) is 8.80 Å². The number of fused-ring (bicyclic) bond motifs is 1. The SMILES string of the molecule is C1=C([Si](c2ccccc2)c2ccccc2)c2ccccc2C1. The smallest absolute Gasteiger partial charge is 0.0797 e. The first-order valence-corrected chi connectivity index (χ1v) is 9.20. The Balaban J connectivity index is 1.86. The molecule has 1 heteroatoms. The van der Waals surface area contributed by atoms with E-state index in [9.17, 15) is 0 Å². The molecular formula is C21H17Si. The predicted molar refractivity (Wildman–Crippen MR) is 96.0 cm³/mol. The van der Waals surface area contributed by atoms with Gasteiger partial charge in [-0.15, -0.1) is 0 Å². The van der Waals surface area contributed by atoms with Gasteiger partial charge in [-0.1, -0.05) is 101 Å². The molecule has 0 bridgehead atoms. The fraction of sp³-hybridized carbons (Fsp3) is 0.0476. The van der Waals surface area contributed by atoms with E-state index in [-0.39, 0.29) is 0 Å². The molecule has 0 saturated heterocycles. The highest BCUT2D eigenvalue weighted by Crippen LogP contribution is 2.28. The van der Waals surface area contributed by atoms with Crippen LogP contribution >= 0.6 is 0 Å². The lowest BCUT2D eigenvalue weighted by Gasteiger charge is -2.19. The summed E-state index contributed by atoms with van der Waals surface area (Å²) >= 11 is 0. The second kappa shape index (κ2) is 5.78. The van der Waals surface area contributed by atoms with Crippen LogP contribution in [0, 0.1) is 0 Å². The molecule has 0 amide bonds. The van der Waals surface area contributed by atoms with Crippen LogP contribution in [0.1, 0.15) is 11.1 Å². The number of allylic oxidation sites excluding steroid dienone is 1. The number of hydrogen-bond donors (Lipinski definition) is 0. The second-order valence-corrected chi connectivity index (χ2v) is 8.03. The minimum absolute atomic E-state index is 0.928. The van der Waals surface area contributed by atoms with E-state index in [1.54, 1.807) is 0 Å². The third-order valence-corrected chi connectivity index (χ3v) is 7.06. The molecule has 0 aromatic heterocycles. The number of hydrogen-bond acceptors (Lipinski definition) is 0. The van der Waals surface area contributed by atoms with E-state index in [0.717, 1.165) is 6.42 Å². The van der Waals surface area contributed by atoms with Crippen molar-refractivity contribution in [3.63, 3.8) is 0 Å². The van der Waals surface area contributed by atoms with Crippen molar-refractivity contribution in [3.8, 4) is 0 Å². The molecule has 3 aromatic carbocycles. The Kier molecular flexibility index (Phi) is 3.49. The van der Waals surface area contributed by atoms with Crippen LogP contribution in [-0.2, 0) is 6.42 Å². The maximum Gasteiger partial charge on any atom is 0.154 e. The van der Waals surface area contributed by atoms with E-state index >= 15 is 0 Å². The minimum Gasteiger partial charge on any atom is -0.0797 e. The molecule has 1 radical (unpaired) electrons. The van der Waals surface area contributed by atoms with Crippen LogP contribution in [0.4, 0.5) is 0 Å². The third-order valence-electron chi connectivity index (χ3n) is 4.23. The molecule has 3 aromatic rings. The van der Waals surface area contributed by atoms with Crippen molar-refractivity contribution in [2.75, 3.05) is 0 Å². The lowest BCUT2D eigenvalue weighted by atomic mass is 10.1. The Morgan fingerprint density at radius 2 is 1.14 bits per heavy atom. The molecule has 105 valence electrons. The Hall–Kier alpha value is -2.38. The number of rotatable bonds is 3. The normalized spacial score (nSPS) is 13.0. The zero-order valence-corrected chi connectivity index (χ0v) is 13.4. The molecule has 4 rings (SSSR count). The molecule has 0 nitrogen and oxygen atoms in total. The highest BCUT2D eigenvalue weighted by atomic mass is 28.3. The summed E-state index contributed by atoms with van der Waals surface area (Å²) in [5.41, 5.74) is 2.91. The fourth-order valence-corrected chi connectivity index (χ4v) is 6.03. The van der Waals surface area contributed by atoms with Crippen LogP contribution in [0.2, 0.25) is 0 Å². The van der Waals surface area contributed by atoms with Gasteiger partial charge in [0.1, 0.15) is 0 Å². The van der Waals surface area contributed by atoms with E-state index in [0.29, 0.717) is 0 Å². The molecule has 0 fully saturated rings. The fourth-order valence-electron chi connectivity index (χ4n) is 3.21. The van der Waals surface area contributed by atoms with Gasteiger partial charge in [0, 0.05) is 0 Å². The Morgan fingerprint density at radius 1 is 0.591 bits per heavy atom. The summed E-state index contributed by atoms with van der Waals surface area (Å²) in [6, 6.07) is 30.8. The van der Waals surface area contributed by atoms with Crippen molar-refractivity contribution in [1.29, 1.82) is 0 Å². The Bertz CT molecular complexity index is 764. The lowest BCUT2D eigenvalue weighted by molar-refractivity contribution is 1.31. The van der Waals surface area contributed by atoms with Crippen molar-refractivity contribution in [2.45, 2.75) is 6.42 Å². The zero-order chi connectivity index (χ0) is 14.8. The quantitative estimate of drug-likeness (QED) is 0.649. The van der Waals surface area contributed by atoms with Gasteiger partial charge in [0.2, 0.25) is 0 Å². The molecule has 0 heterocycles. The molecule has 0 unspecified atom stereocenters. The number of benzene rings is 3. The first-order chi connectivity index (χ1) is 10.9. The molecule has 0 aliphatic heterocycles. The van der Waals surface area contributed by atoms with Crippen LogP contribution in [0.3, 0.4) is 0 Å². The molecule has 0 N–H and O–H groups in total. The summed E-state index contributed by atoms with van der Waals surface area (Å²) in [5, 5.41) is 4.46. The first-order valence-electron chi connectivity index (χ1n) is 7.70. The minimum atomic E-state index is -0.928. The van der Waals surface area contributed by atoms with Crippen molar-refractivity contribution in [3.05, 3.63) is 102 Å². The van der Waals surface area contributed by atoms with Gasteiger partial charge in [0.25, 0.3) is 0 Å². The Labute approximate surface area is 133 Å². The van der Waals surface area contributed by atoms with Crippen molar-refractivity contribution in [1.82, 2.24) is 0 Å². The largest absolute Gasteiger partial charge is 0.154 e. The second-order valence-electron chi connectivity index (χ2n) is 5.59. The van der Waals surface area contributed by atoms with Gasteiger partial charge < -0.3 is 0 Å². The van der Waals surface area contributed by atoms with Crippen molar-refractivity contribution >= 4 is 24.4 Å². The van der Waals surface area contributed by atoms with Crippen LogP contribution in [-0.4, -0.2) is 8.80 Å². The third kappa shape index (κ3) is 2.34. The van der Waals surface area contributed by atoms with E-state index < -0.39 is 8.80 Å². The average molecular weight is 297 g/mol. The van der Waals surface area contributed by atoms with Crippen LogP contribution < -0.4 is 10.4 Å². The summed E-state index contributed by atoms with van der Waals surface area (Å²) < 4.78 is 0. The van der Waals surface area contributed by atoms with Gasteiger partial charge in [0.05, 0.1) is 0 Å². The summed E-state index contributed by atoms with van der Waals surface area (Å²) in [6.45, 7) is 0.